The number of aromatic nitrogens is 4. The van der Waals surface area contributed by atoms with Gasteiger partial charge in [-0.25, -0.2) is 14.5 Å². The van der Waals surface area contributed by atoms with Crippen molar-refractivity contribution in [2.75, 3.05) is 21.3 Å². The van der Waals surface area contributed by atoms with Crippen LogP contribution >= 0.6 is 0 Å². The standard InChI is InChI=1S/C18H18N4O4/c1-9-10(2)26-18-14(9)17-20-16(21-22(17)8-19-18)11-6-12(23-3)15(25-5)13(7-11)24-4/h6-8H,1-5H3. The summed E-state index contributed by atoms with van der Waals surface area (Å²) < 4.78 is 23.5. The Labute approximate surface area is 149 Å². The zero-order valence-corrected chi connectivity index (χ0v) is 15.2. The van der Waals surface area contributed by atoms with Gasteiger partial charge in [-0.15, -0.1) is 5.10 Å². The van der Waals surface area contributed by atoms with Gasteiger partial charge >= 0.3 is 0 Å². The fourth-order valence-electron chi connectivity index (χ4n) is 2.98. The van der Waals surface area contributed by atoms with Crippen molar-refractivity contribution in [3.63, 3.8) is 0 Å². The fraction of sp³-hybridized carbons (Fsp3) is 0.278. The van der Waals surface area contributed by atoms with Crippen LogP contribution in [-0.4, -0.2) is 40.9 Å². The Morgan fingerprint density at radius 1 is 1.00 bits per heavy atom. The number of furan rings is 1. The van der Waals surface area contributed by atoms with E-state index in [-0.39, 0.29) is 0 Å². The third-order valence-electron chi connectivity index (χ3n) is 4.43. The van der Waals surface area contributed by atoms with Crippen LogP contribution in [0.2, 0.25) is 0 Å². The second-order valence-corrected chi connectivity index (χ2v) is 5.83. The molecule has 26 heavy (non-hydrogen) atoms. The molecule has 0 saturated carbocycles. The number of nitrogens with zero attached hydrogens (tertiary/aromatic N) is 4. The van der Waals surface area contributed by atoms with Crippen molar-refractivity contribution < 1.29 is 18.6 Å². The molecule has 3 aromatic heterocycles. The minimum absolute atomic E-state index is 0.521. The summed E-state index contributed by atoms with van der Waals surface area (Å²) in [6.07, 6.45) is 1.59. The molecule has 0 aliphatic carbocycles. The minimum Gasteiger partial charge on any atom is -0.493 e. The van der Waals surface area contributed by atoms with Gasteiger partial charge in [0, 0.05) is 11.1 Å². The van der Waals surface area contributed by atoms with E-state index >= 15 is 0 Å². The van der Waals surface area contributed by atoms with Gasteiger partial charge in [0.05, 0.1) is 26.7 Å². The zero-order valence-electron chi connectivity index (χ0n) is 15.2. The SMILES string of the molecule is COc1cc(-c2nc3c4c(C)c(C)oc4ncn3n2)cc(OC)c1OC. The topological polar surface area (TPSA) is 83.9 Å². The van der Waals surface area contributed by atoms with Crippen molar-refractivity contribution >= 4 is 16.7 Å². The molecule has 4 aromatic rings. The lowest BCUT2D eigenvalue weighted by molar-refractivity contribution is 0.324. The number of fused-ring (bicyclic) bond motifs is 3. The van der Waals surface area contributed by atoms with E-state index in [4.69, 9.17) is 23.6 Å². The fourth-order valence-corrected chi connectivity index (χ4v) is 2.98. The molecule has 0 radical (unpaired) electrons. The first-order chi connectivity index (χ1) is 12.6. The van der Waals surface area contributed by atoms with Crippen LogP contribution in [0.1, 0.15) is 11.3 Å². The average molecular weight is 354 g/mol. The smallest absolute Gasteiger partial charge is 0.231 e. The van der Waals surface area contributed by atoms with Crippen LogP contribution in [0.25, 0.3) is 28.1 Å². The number of hydrogen-bond acceptors (Lipinski definition) is 7. The van der Waals surface area contributed by atoms with Gasteiger partial charge in [-0.2, -0.15) is 0 Å². The van der Waals surface area contributed by atoms with Gasteiger partial charge in [0.2, 0.25) is 11.5 Å². The van der Waals surface area contributed by atoms with Crippen molar-refractivity contribution in [2.45, 2.75) is 13.8 Å². The number of rotatable bonds is 4. The van der Waals surface area contributed by atoms with Crippen molar-refractivity contribution in [1.29, 1.82) is 0 Å². The summed E-state index contributed by atoms with van der Waals surface area (Å²) >= 11 is 0. The molecule has 0 amide bonds. The third kappa shape index (κ3) is 2.26. The van der Waals surface area contributed by atoms with Gasteiger partial charge < -0.3 is 18.6 Å². The molecule has 0 aliphatic rings. The van der Waals surface area contributed by atoms with Crippen molar-refractivity contribution in [1.82, 2.24) is 19.6 Å². The van der Waals surface area contributed by atoms with Gasteiger partial charge in [-0.3, -0.25) is 0 Å². The Morgan fingerprint density at radius 2 is 1.69 bits per heavy atom. The lowest BCUT2D eigenvalue weighted by Crippen LogP contribution is -1.96. The van der Waals surface area contributed by atoms with E-state index in [1.165, 1.54) is 0 Å². The van der Waals surface area contributed by atoms with Crippen LogP contribution in [0.15, 0.2) is 22.9 Å². The van der Waals surface area contributed by atoms with E-state index in [9.17, 15) is 0 Å². The van der Waals surface area contributed by atoms with Crippen molar-refractivity contribution in [3.8, 4) is 28.6 Å². The molecule has 0 spiro atoms. The third-order valence-corrected chi connectivity index (χ3v) is 4.43. The van der Waals surface area contributed by atoms with Crippen LogP contribution in [0.4, 0.5) is 0 Å². The van der Waals surface area contributed by atoms with Gasteiger partial charge in [-0.05, 0) is 26.0 Å². The monoisotopic (exact) mass is 354 g/mol. The summed E-state index contributed by atoms with van der Waals surface area (Å²) in [7, 11) is 4.71. The first-order valence-electron chi connectivity index (χ1n) is 7.98. The number of hydrogen-bond donors (Lipinski definition) is 0. The molecule has 8 nitrogen and oxygen atoms in total. The molecule has 0 unspecified atom stereocenters. The van der Waals surface area contributed by atoms with Gasteiger partial charge in [0.1, 0.15) is 12.1 Å². The Bertz CT molecular complexity index is 1100. The summed E-state index contributed by atoms with van der Waals surface area (Å²) in [6, 6.07) is 3.63. The van der Waals surface area contributed by atoms with Crippen molar-refractivity contribution in [2.24, 2.45) is 0 Å². The summed E-state index contributed by atoms with van der Waals surface area (Å²) in [5.74, 6) is 2.95. The number of benzene rings is 1. The first kappa shape index (κ1) is 16.2. The highest BCUT2D eigenvalue weighted by atomic mass is 16.5. The quantitative estimate of drug-likeness (QED) is 0.556. The Kier molecular flexibility index (Phi) is 3.68. The largest absolute Gasteiger partial charge is 0.493 e. The van der Waals surface area contributed by atoms with E-state index in [0.717, 1.165) is 22.3 Å². The molecular formula is C18H18N4O4. The molecule has 0 atom stereocenters. The van der Waals surface area contributed by atoms with Crippen molar-refractivity contribution in [3.05, 3.63) is 29.8 Å². The second kappa shape index (κ2) is 5.91. The van der Waals surface area contributed by atoms with Crippen LogP contribution in [-0.2, 0) is 0 Å². The highest BCUT2D eigenvalue weighted by molar-refractivity contribution is 5.92. The second-order valence-electron chi connectivity index (χ2n) is 5.83. The summed E-state index contributed by atoms with van der Waals surface area (Å²) in [5.41, 5.74) is 2.99. The van der Waals surface area contributed by atoms with E-state index in [1.807, 2.05) is 26.0 Å². The molecular weight excluding hydrogens is 336 g/mol. The molecule has 4 rings (SSSR count). The number of ether oxygens (including phenoxy) is 3. The molecule has 0 N–H and O–H groups in total. The van der Waals surface area contributed by atoms with E-state index in [2.05, 4.69) is 10.1 Å². The lowest BCUT2D eigenvalue weighted by Gasteiger charge is -2.12. The minimum atomic E-state index is 0.521. The highest BCUT2D eigenvalue weighted by Crippen LogP contribution is 2.40. The normalized spacial score (nSPS) is 11.3. The molecule has 1 aromatic carbocycles. The van der Waals surface area contributed by atoms with Crippen LogP contribution in [0.5, 0.6) is 17.2 Å². The summed E-state index contributed by atoms with van der Waals surface area (Å²) in [5, 5.41) is 5.40. The summed E-state index contributed by atoms with van der Waals surface area (Å²) in [4.78, 5) is 9.01. The van der Waals surface area contributed by atoms with E-state index in [0.29, 0.717) is 34.4 Å². The first-order valence-corrected chi connectivity index (χ1v) is 7.98. The molecule has 8 heteroatoms. The molecule has 3 heterocycles. The Morgan fingerprint density at radius 3 is 2.31 bits per heavy atom. The molecule has 0 aliphatic heterocycles. The Balaban J connectivity index is 1.96. The Hall–Kier alpha value is -3.29. The number of aryl methyl sites for hydroxylation is 2. The maximum absolute atomic E-state index is 5.68. The zero-order chi connectivity index (χ0) is 18.4. The predicted molar refractivity (Wildman–Crippen MR) is 95.1 cm³/mol. The number of methoxy groups -OCH3 is 3. The molecule has 0 saturated heterocycles. The maximum Gasteiger partial charge on any atom is 0.231 e. The van der Waals surface area contributed by atoms with Crippen LogP contribution in [0, 0.1) is 13.8 Å². The predicted octanol–water partition coefficient (Wildman–Crippen LogP) is 3.18. The lowest BCUT2D eigenvalue weighted by atomic mass is 10.1. The van der Waals surface area contributed by atoms with Crippen LogP contribution in [0.3, 0.4) is 0 Å². The van der Waals surface area contributed by atoms with E-state index in [1.54, 1.807) is 32.2 Å². The highest BCUT2D eigenvalue weighted by Gasteiger charge is 2.19. The average Bonchev–Trinajstić information content (AvgIpc) is 3.21. The maximum atomic E-state index is 5.68. The van der Waals surface area contributed by atoms with Gasteiger partial charge in [0.25, 0.3) is 0 Å². The molecule has 0 fully saturated rings. The molecule has 134 valence electrons. The van der Waals surface area contributed by atoms with E-state index < -0.39 is 0 Å². The molecule has 0 bridgehead atoms. The van der Waals surface area contributed by atoms with Gasteiger partial charge in [0.15, 0.2) is 23.0 Å². The summed E-state index contributed by atoms with van der Waals surface area (Å²) in [6.45, 7) is 3.89. The van der Waals surface area contributed by atoms with Gasteiger partial charge in [-0.1, -0.05) is 0 Å². The van der Waals surface area contributed by atoms with Crippen LogP contribution < -0.4 is 14.2 Å².